The monoisotopic (exact) mass is 285 g/mol. The van der Waals surface area contributed by atoms with Crippen LogP contribution in [0.3, 0.4) is 0 Å². The van der Waals surface area contributed by atoms with E-state index in [0.717, 1.165) is 19.2 Å². The summed E-state index contributed by atoms with van der Waals surface area (Å²) in [6.07, 6.45) is -2.93. The molecule has 2 fully saturated rings. The number of hydrogen-bond acceptors (Lipinski definition) is 3. The molecule has 2 aliphatic heterocycles. The second-order valence-corrected chi connectivity index (χ2v) is 6.16. The molecule has 110 valence electrons. The Labute approximate surface area is 116 Å². The summed E-state index contributed by atoms with van der Waals surface area (Å²) in [7, 11) is 0. The van der Waals surface area contributed by atoms with Crippen LogP contribution >= 0.6 is 0 Å². The van der Waals surface area contributed by atoms with Crippen molar-refractivity contribution in [3.05, 3.63) is 23.9 Å². The average Bonchev–Trinajstić information content (AvgIpc) is 2.91. The van der Waals surface area contributed by atoms with E-state index >= 15 is 0 Å². The molecular weight excluding hydrogens is 267 g/mol. The van der Waals surface area contributed by atoms with Crippen LogP contribution in [0.2, 0.25) is 0 Å². The standard InChI is InChI=1S/C14H18F3N3/c1-13(2)11-7-18-6-9(11)8-20(13)12-10(14(15,16)17)4-3-5-19-12/h3-5,9,11,18H,6-8H2,1-2H3. The zero-order chi connectivity index (χ0) is 14.5. The van der Waals surface area contributed by atoms with Crippen LogP contribution in [0.4, 0.5) is 19.0 Å². The number of nitrogens with one attached hydrogen (secondary N) is 1. The van der Waals surface area contributed by atoms with E-state index in [9.17, 15) is 13.2 Å². The lowest BCUT2D eigenvalue weighted by atomic mass is 9.85. The molecule has 3 nitrogen and oxygen atoms in total. The first-order chi connectivity index (χ1) is 9.32. The minimum atomic E-state index is -4.37. The Morgan fingerprint density at radius 2 is 2.10 bits per heavy atom. The molecule has 2 saturated heterocycles. The van der Waals surface area contributed by atoms with E-state index < -0.39 is 11.7 Å². The van der Waals surface area contributed by atoms with E-state index in [1.165, 1.54) is 12.3 Å². The number of fused-ring (bicyclic) bond motifs is 1. The average molecular weight is 285 g/mol. The number of hydrogen-bond donors (Lipinski definition) is 1. The fourth-order valence-corrected chi connectivity index (χ4v) is 3.61. The molecule has 2 aliphatic rings. The lowest BCUT2D eigenvalue weighted by Gasteiger charge is -2.37. The molecule has 1 N–H and O–H groups in total. The molecule has 2 unspecified atom stereocenters. The summed E-state index contributed by atoms with van der Waals surface area (Å²) in [6, 6.07) is 2.46. The molecule has 1 aromatic rings. The van der Waals surface area contributed by atoms with Gasteiger partial charge in [-0.15, -0.1) is 0 Å². The van der Waals surface area contributed by atoms with E-state index in [1.54, 1.807) is 0 Å². The molecule has 0 amide bonds. The number of aromatic nitrogens is 1. The zero-order valence-electron chi connectivity index (χ0n) is 11.5. The van der Waals surface area contributed by atoms with Crippen molar-refractivity contribution in [3.63, 3.8) is 0 Å². The van der Waals surface area contributed by atoms with Crippen molar-refractivity contribution in [1.82, 2.24) is 10.3 Å². The SMILES string of the molecule is CC1(C)C2CNCC2CN1c1ncccc1C(F)(F)F. The van der Waals surface area contributed by atoms with Crippen LogP contribution in [-0.4, -0.2) is 30.2 Å². The Morgan fingerprint density at radius 3 is 2.75 bits per heavy atom. The Balaban J connectivity index is 2.02. The number of anilines is 1. The smallest absolute Gasteiger partial charge is 0.350 e. The third kappa shape index (κ3) is 1.97. The van der Waals surface area contributed by atoms with Crippen LogP contribution < -0.4 is 10.2 Å². The first-order valence-corrected chi connectivity index (χ1v) is 6.82. The predicted molar refractivity (Wildman–Crippen MR) is 70.5 cm³/mol. The van der Waals surface area contributed by atoms with E-state index in [2.05, 4.69) is 10.3 Å². The fraction of sp³-hybridized carbons (Fsp3) is 0.643. The lowest BCUT2D eigenvalue weighted by Crippen LogP contribution is -2.45. The van der Waals surface area contributed by atoms with Crippen molar-refractivity contribution in [3.8, 4) is 0 Å². The normalized spacial score (nSPS) is 28.8. The first kappa shape index (κ1) is 13.7. The maximum absolute atomic E-state index is 13.2. The maximum atomic E-state index is 13.2. The molecule has 1 aromatic heterocycles. The predicted octanol–water partition coefficient (Wildman–Crippen LogP) is 2.53. The molecule has 3 heterocycles. The lowest BCUT2D eigenvalue weighted by molar-refractivity contribution is -0.137. The van der Waals surface area contributed by atoms with Gasteiger partial charge in [0.15, 0.2) is 0 Å². The van der Waals surface area contributed by atoms with Crippen LogP contribution in [0.1, 0.15) is 19.4 Å². The van der Waals surface area contributed by atoms with Gasteiger partial charge >= 0.3 is 6.18 Å². The third-order valence-electron chi connectivity index (χ3n) is 4.71. The summed E-state index contributed by atoms with van der Waals surface area (Å²) in [5.74, 6) is 0.832. The van der Waals surface area contributed by atoms with Crippen molar-refractivity contribution in [1.29, 1.82) is 0 Å². The van der Waals surface area contributed by atoms with Gasteiger partial charge in [-0.1, -0.05) is 0 Å². The Kier molecular flexibility index (Phi) is 2.97. The number of halogens is 3. The second-order valence-electron chi connectivity index (χ2n) is 6.16. The quantitative estimate of drug-likeness (QED) is 0.859. The molecule has 3 rings (SSSR count). The van der Waals surface area contributed by atoms with Crippen molar-refractivity contribution >= 4 is 5.82 Å². The second kappa shape index (κ2) is 4.35. The molecule has 0 bridgehead atoms. The van der Waals surface area contributed by atoms with Gasteiger partial charge in [0.1, 0.15) is 5.82 Å². The fourth-order valence-electron chi connectivity index (χ4n) is 3.61. The van der Waals surface area contributed by atoms with E-state index in [1.807, 2.05) is 18.7 Å². The van der Waals surface area contributed by atoms with Crippen molar-refractivity contribution < 1.29 is 13.2 Å². The van der Waals surface area contributed by atoms with Crippen LogP contribution in [-0.2, 0) is 6.18 Å². The van der Waals surface area contributed by atoms with Crippen molar-refractivity contribution in [2.75, 3.05) is 24.5 Å². The van der Waals surface area contributed by atoms with E-state index in [0.29, 0.717) is 18.4 Å². The minimum absolute atomic E-state index is 0.0689. The van der Waals surface area contributed by atoms with Crippen LogP contribution in [0.5, 0.6) is 0 Å². The van der Waals surface area contributed by atoms with Gasteiger partial charge in [0.25, 0.3) is 0 Å². The summed E-state index contributed by atoms with van der Waals surface area (Å²) in [6.45, 7) is 6.39. The van der Waals surface area contributed by atoms with Gasteiger partial charge in [-0.2, -0.15) is 13.2 Å². The largest absolute Gasteiger partial charge is 0.419 e. The third-order valence-corrected chi connectivity index (χ3v) is 4.71. The molecule has 0 spiro atoms. The highest BCUT2D eigenvalue weighted by Gasteiger charge is 2.51. The molecule has 0 saturated carbocycles. The number of pyridine rings is 1. The summed E-state index contributed by atoms with van der Waals surface area (Å²) in [4.78, 5) is 5.87. The van der Waals surface area contributed by atoms with Crippen LogP contribution in [0.25, 0.3) is 0 Å². The van der Waals surface area contributed by atoms with Gasteiger partial charge in [0.2, 0.25) is 0 Å². The van der Waals surface area contributed by atoms with E-state index in [4.69, 9.17) is 0 Å². The Hall–Kier alpha value is -1.30. The molecule has 20 heavy (non-hydrogen) atoms. The molecule has 0 aromatic carbocycles. The molecular formula is C14H18F3N3. The molecule has 0 radical (unpaired) electrons. The highest BCUT2D eigenvalue weighted by molar-refractivity contribution is 5.52. The van der Waals surface area contributed by atoms with Crippen molar-refractivity contribution in [2.24, 2.45) is 11.8 Å². The summed E-state index contributed by atoms with van der Waals surface area (Å²) in [5, 5.41) is 3.33. The van der Waals surface area contributed by atoms with Crippen molar-refractivity contribution in [2.45, 2.75) is 25.6 Å². The molecule has 2 atom stereocenters. The van der Waals surface area contributed by atoms with Crippen LogP contribution in [0.15, 0.2) is 18.3 Å². The van der Waals surface area contributed by atoms with Gasteiger partial charge in [-0.05, 0) is 37.8 Å². The highest BCUT2D eigenvalue weighted by Crippen LogP contribution is 2.45. The number of rotatable bonds is 1. The van der Waals surface area contributed by atoms with Gasteiger partial charge in [0, 0.05) is 31.4 Å². The molecule has 0 aliphatic carbocycles. The summed E-state index contributed by atoms with van der Waals surface area (Å²) < 4.78 is 39.5. The topological polar surface area (TPSA) is 28.2 Å². The summed E-state index contributed by atoms with van der Waals surface area (Å²) in [5.41, 5.74) is -0.955. The number of alkyl halides is 3. The Morgan fingerprint density at radius 1 is 1.35 bits per heavy atom. The number of nitrogens with zero attached hydrogens (tertiary/aromatic N) is 2. The maximum Gasteiger partial charge on any atom is 0.419 e. The molecule has 6 heteroatoms. The van der Waals surface area contributed by atoms with Gasteiger partial charge < -0.3 is 10.2 Å². The van der Waals surface area contributed by atoms with Gasteiger partial charge in [-0.25, -0.2) is 4.98 Å². The zero-order valence-corrected chi connectivity index (χ0v) is 11.5. The minimum Gasteiger partial charge on any atom is -0.350 e. The van der Waals surface area contributed by atoms with Gasteiger partial charge in [0.05, 0.1) is 5.56 Å². The van der Waals surface area contributed by atoms with Crippen LogP contribution in [0, 0.1) is 11.8 Å². The van der Waals surface area contributed by atoms with E-state index in [-0.39, 0.29) is 11.4 Å². The first-order valence-electron chi connectivity index (χ1n) is 6.82. The van der Waals surface area contributed by atoms with Gasteiger partial charge in [-0.3, -0.25) is 0 Å². The Bertz CT molecular complexity index is 513. The highest BCUT2D eigenvalue weighted by atomic mass is 19.4. The summed E-state index contributed by atoms with van der Waals surface area (Å²) >= 11 is 0.